The van der Waals surface area contributed by atoms with Crippen LogP contribution in [0, 0.1) is 5.92 Å². The highest BCUT2D eigenvalue weighted by Gasteiger charge is 2.21. The number of anilines is 2. The number of rotatable bonds is 5. The fraction of sp³-hybridized carbons (Fsp3) is 0.533. The van der Waals surface area contributed by atoms with Crippen molar-refractivity contribution in [3.63, 3.8) is 0 Å². The minimum Gasteiger partial charge on any atom is -0.399 e. The molecule has 1 aromatic rings. The van der Waals surface area contributed by atoms with Gasteiger partial charge in [-0.05, 0) is 43.5 Å². The van der Waals surface area contributed by atoms with Crippen molar-refractivity contribution in [2.45, 2.75) is 12.8 Å². The van der Waals surface area contributed by atoms with Crippen LogP contribution >= 0.6 is 11.6 Å². The summed E-state index contributed by atoms with van der Waals surface area (Å²) in [6.07, 6.45) is 2.26. The molecule has 0 aliphatic carbocycles. The largest absolute Gasteiger partial charge is 0.399 e. The van der Waals surface area contributed by atoms with Gasteiger partial charge in [0.1, 0.15) is 0 Å². The zero-order chi connectivity index (χ0) is 15.2. The molecule has 1 aliphatic heterocycles. The number of piperidine rings is 1. The highest BCUT2D eigenvalue weighted by Crippen LogP contribution is 2.24. The highest BCUT2D eigenvalue weighted by molar-refractivity contribution is 6.34. The standard InChI is InChI=1S/C15H22ClN3O2/c1-21-10-11-3-2-6-19(8-11)9-15(20)18-14-5-4-12(17)7-13(14)16/h4-5,7,11H,2-3,6,8-10,17H2,1H3,(H,18,20). The summed E-state index contributed by atoms with van der Waals surface area (Å²) in [6, 6.07) is 5.07. The van der Waals surface area contributed by atoms with E-state index in [1.165, 1.54) is 0 Å². The molecule has 1 atom stereocenters. The molecule has 21 heavy (non-hydrogen) atoms. The van der Waals surface area contributed by atoms with Crippen molar-refractivity contribution in [1.82, 2.24) is 4.90 Å². The third kappa shape index (κ3) is 4.88. The fourth-order valence-electron chi connectivity index (χ4n) is 2.69. The van der Waals surface area contributed by atoms with Gasteiger partial charge >= 0.3 is 0 Å². The Balaban J connectivity index is 1.86. The number of nitrogen functional groups attached to an aromatic ring is 1. The summed E-state index contributed by atoms with van der Waals surface area (Å²) in [5.41, 5.74) is 6.81. The van der Waals surface area contributed by atoms with E-state index in [4.69, 9.17) is 22.1 Å². The van der Waals surface area contributed by atoms with Crippen LogP contribution in [0.25, 0.3) is 0 Å². The summed E-state index contributed by atoms with van der Waals surface area (Å²) in [5.74, 6) is 0.455. The number of benzene rings is 1. The fourth-order valence-corrected chi connectivity index (χ4v) is 2.93. The topological polar surface area (TPSA) is 67.6 Å². The van der Waals surface area contributed by atoms with Gasteiger partial charge in [0.25, 0.3) is 0 Å². The molecule has 5 nitrogen and oxygen atoms in total. The maximum atomic E-state index is 12.1. The van der Waals surface area contributed by atoms with Crippen LogP contribution in [0.5, 0.6) is 0 Å². The van der Waals surface area contributed by atoms with Crippen molar-refractivity contribution in [1.29, 1.82) is 0 Å². The number of carbonyl (C=O) groups excluding carboxylic acids is 1. The lowest BCUT2D eigenvalue weighted by Crippen LogP contribution is -2.41. The summed E-state index contributed by atoms with van der Waals surface area (Å²) in [6.45, 7) is 2.97. The second-order valence-electron chi connectivity index (χ2n) is 5.49. The first kappa shape index (κ1) is 16.1. The highest BCUT2D eigenvalue weighted by atomic mass is 35.5. The Bertz CT molecular complexity index is 494. The quantitative estimate of drug-likeness (QED) is 0.818. The van der Waals surface area contributed by atoms with Gasteiger partial charge in [-0.2, -0.15) is 0 Å². The van der Waals surface area contributed by atoms with Crippen LogP contribution in [0.1, 0.15) is 12.8 Å². The molecule has 1 unspecified atom stereocenters. The molecule has 0 radical (unpaired) electrons. The van der Waals surface area contributed by atoms with Gasteiger partial charge in [-0.1, -0.05) is 11.6 Å². The maximum absolute atomic E-state index is 12.1. The zero-order valence-electron chi connectivity index (χ0n) is 12.3. The minimum atomic E-state index is -0.0558. The van der Waals surface area contributed by atoms with E-state index in [0.717, 1.165) is 32.5 Å². The molecule has 6 heteroatoms. The number of nitrogens with one attached hydrogen (secondary N) is 1. The van der Waals surface area contributed by atoms with E-state index in [9.17, 15) is 4.79 Å². The summed E-state index contributed by atoms with van der Waals surface area (Å²) < 4.78 is 5.20. The van der Waals surface area contributed by atoms with Crippen LogP contribution in [0.3, 0.4) is 0 Å². The monoisotopic (exact) mass is 311 g/mol. The lowest BCUT2D eigenvalue weighted by atomic mass is 9.99. The van der Waals surface area contributed by atoms with Crippen molar-refractivity contribution in [2.75, 3.05) is 44.4 Å². The average molecular weight is 312 g/mol. The summed E-state index contributed by atoms with van der Waals surface area (Å²) in [7, 11) is 1.72. The number of methoxy groups -OCH3 is 1. The first-order valence-corrected chi connectivity index (χ1v) is 7.52. The molecular weight excluding hydrogens is 290 g/mol. The lowest BCUT2D eigenvalue weighted by Gasteiger charge is -2.31. The lowest BCUT2D eigenvalue weighted by molar-refractivity contribution is -0.117. The second kappa shape index (κ2) is 7.64. The van der Waals surface area contributed by atoms with Gasteiger partial charge < -0.3 is 15.8 Å². The number of nitrogens with zero attached hydrogens (tertiary/aromatic N) is 1. The van der Waals surface area contributed by atoms with Crippen LogP contribution < -0.4 is 11.1 Å². The van der Waals surface area contributed by atoms with E-state index in [1.807, 2.05) is 0 Å². The van der Waals surface area contributed by atoms with Crippen LogP contribution in [-0.4, -0.2) is 44.2 Å². The summed E-state index contributed by atoms with van der Waals surface area (Å²) in [4.78, 5) is 14.3. The third-order valence-corrected chi connectivity index (χ3v) is 3.95. The van der Waals surface area contributed by atoms with Gasteiger partial charge in [-0.25, -0.2) is 0 Å². The molecule has 1 amide bonds. The Labute approximate surface area is 130 Å². The normalized spacial score (nSPS) is 19.4. The van der Waals surface area contributed by atoms with Gasteiger partial charge in [0, 0.05) is 19.3 Å². The molecule has 2 rings (SSSR count). The van der Waals surface area contributed by atoms with E-state index in [2.05, 4.69) is 10.2 Å². The van der Waals surface area contributed by atoms with Crippen molar-refractivity contribution in [3.8, 4) is 0 Å². The maximum Gasteiger partial charge on any atom is 0.238 e. The Kier molecular flexibility index (Phi) is 5.85. The molecule has 1 fully saturated rings. The van der Waals surface area contributed by atoms with Crippen molar-refractivity contribution < 1.29 is 9.53 Å². The van der Waals surface area contributed by atoms with E-state index >= 15 is 0 Å². The van der Waals surface area contributed by atoms with Crippen LogP contribution in [0.4, 0.5) is 11.4 Å². The summed E-state index contributed by atoms with van der Waals surface area (Å²) >= 11 is 6.06. The van der Waals surface area contributed by atoms with Gasteiger partial charge in [0.15, 0.2) is 0 Å². The predicted molar refractivity (Wildman–Crippen MR) is 85.5 cm³/mol. The summed E-state index contributed by atoms with van der Waals surface area (Å²) in [5, 5.41) is 3.29. The second-order valence-corrected chi connectivity index (χ2v) is 5.89. The smallest absolute Gasteiger partial charge is 0.238 e. The van der Waals surface area contributed by atoms with Crippen LogP contribution in [0.15, 0.2) is 18.2 Å². The van der Waals surface area contributed by atoms with Crippen molar-refractivity contribution in [2.24, 2.45) is 5.92 Å². The molecule has 0 aromatic heterocycles. The molecule has 116 valence electrons. The number of nitrogens with two attached hydrogens (primary N) is 1. The number of likely N-dealkylation sites (tertiary alicyclic amines) is 1. The van der Waals surface area contributed by atoms with Gasteiger partial charge in [-0.15, -0.1) is 0 Å². The van der Waals surface area contributed by atoms with Crippen molar-refractivity contribution in [3.05, 3.63) is 23.2 Å². The Hall–Kier alpha value is -1.30. The first-order chi connectivity index (χ1) is 10.1. The van der Waals surface area contributed by atoms with E-state index in [-0.39, 0.29) is 5.91 Å². The molecule has 1 aliphatic rings. The van der Waals surface area contributed by atoms with E-state index < -0.39 is 0 Å². The minimum absolute atomic E-state index is 0.0558. The molecule has 1 heterocycles. The predicted octanol–water partition coefficient (Wildman–Crippen LogP) is 2.22. The molecule has 0 spiro atoms. The number of hydrogen-bond donors (Lipinski definition) is 2. The number of carbonyl (C=O) groups is 1. The Morgan fingerprint density at radius 2 is 2.38 bits per heavy atom. The SMILES string of the molecule is COCC1CCCN(CC(=O)Nc2ccc(N)cc2Cl)C1. The molecule has 1 aromatic carbocycles. The van der Waals surface area contributed by atoms with Gasteiger partial charge in [-0.3, -0.25) is 9.69 Å². The van der Waals surface area contributed by atoms with Crippen LogP contribution in [0.2, 0.25) is 5.02 Å². The first-order valence-electron chi connectivity index (χ1n) is 7.14. The average Bonchev–Trinajstić information content (AvgIpc) is 2.43. The Morgan fingerprint density at radius 1 is 1.57 bits per heavy atom. The van der Waals surface area contributed by atoms with Gasteiger partial charge in [0.2, 0.25) is 5.91 Å². The van der Waals surface area contributed by atoms with Crippen molar-refractivity contribution >= 4 is 28.9 Å². The van der Waals surface area contributed by atoms with E-state index in [1.54, 1.807) is 25.3 Å². The molecular formula is C15H22ClN3O2. The number of hydrogen-bond acceptors (Lipinski definition) is 4. The van der Waals surface area contributed by atoms with Gasteiger partial charge in [0.05, 0.1) is 23.9 Å². The Morgan fingerprint density at radius 3 is 3.10 bits per heavy atom. The number of ether oxygens (including phenoxy) is 1. The zero-order valence-corrected chi connectivity index (χ0v) is 13.0. The van der Waals surface area contributed by atoms with Crippen LogP contribution in [-0.2, 0) is 9.53 Å². The molecule has 0 bridgehead atoms. The molecule has 1 saturated heterocycles. The molecule has 3 N–H and O–H groups in total. The van der Waals surface area contributed by atoms with E-state index in [0.29, 0.717) is 28.9 Å². The molecule has 0 saturated carbocycles. The third-order valence-electron chi connectivity index (χ3n) is 3.64. The number of amides is 1. The number of halogens is 1.